The predicted molar refractivity (Wildman–Crippen MR) is 91.1 cm³/mol. The maximum absolute atomic E-state index is 13.7. The Morgan fingerprint density at radius 3 is 2.67 bits per heavy atom. The van der Waals surface area contributed by atoms with Crippen LogP contribution in [0.2, 0.25) is 0 Å². The van der Waals surface area contributed by atoms with Crippen LogP contribution in [0.4, 0.5) is 13.9 Å². The van der Waals surface area contributed by atoms with E-state index in [1.165, 1.54) is 23.5 Å². The first kappa shape index (κ1) is 16.3. The molecule has 1 N–H and O–H groups in total. The summed E-state index contributed by atoms with van der Waals surface area (Å²) < 4.78 is 27.9. The smallest absolute Gasteiger partial charge is 0.239 e. The lowest BCUT2D eigenvalue weighted by Gasteiger charge is -2.15. The summed E-state index contributed by atoms with van der Waals surface area (Å²) >= 11 is 1.31. The monoisotopic (exact) mass is 347 g/mol. The first-order valence-corrected chi connectivity index (χ1v) is 8.12. The zero-order valence-corrected chi connectivity index (χ0v) is 13.7. The summed E-state index contributed by atoms with van der Waals surface area (Å²) in [6, 6.07) is 11.0. The second-order valence-corrected chi connectivity index (χ2v) is 6.32. The molecule has 3 rings (SSSR count). The third-order valence-corrected chi connectivity index (χ3v) is 4.63. The number of likely N-dealkylation sites (N-methyl/N-ethyl adjacent to an activating group) is 1. The van der Waals surface area contributed by atoms with Gasteiger partial charge in [-0.25, -0.2) is 13.8 Å². The largest absolute Gasteiger partial charge is 0.350 e. The van der Waals surface area contributed by atoms with Crippen LogP contribution in [-0.4, -0.2) is 24.5 Å². The Morgan fingerprint density at radius 2 is 1.92 bits per heavy atom. The molecule has 0 spiro atoms. The number of fused-ring (bicyclic) bond motifs is 1. The molecule has 7 heteroatoms. The first-order chi connectivity index (χ1) is 11.5. The molecule has 1 aromatic heterocycles. The SMILES string of the molecule is CN(CC(=O)NCc1ccccc1F)c1nc2c(F)cccc2s1. The van der Waals surface area contributed by atoms with E-state index in [1.807, 2.05) is 0 Å². The van der Waals surface area contributed by atoms with E-state index in [4.69, 9.17) is 0 Å². The van der Waals surface area contributed by atoms with E-state index >= 15 is 0 Å². The minimum atomic E-state index is -0.382. The molecule has 0 atom stereocenters. The Hall–Kier alpha value is -2.54. The topological polar surface area (TPSA) is 45.2 Å². The standard InChI is InChI=1S/C17H15F2N3OS/c1-22(17-21-16-13(19)7-4-8-14(16)24-17)10-15(23)20-9-11-5-2-3-6-12(11)18/h2-8H,9-10H2,1H3,(H,20,23). The van der Waals surface area contributed by atoms with Gasteiger partial charge in [0.05, 0.1) is 11.2 Å². The average Bonchev–Trinajstić information content (AvgIpc) is 3.00. The van der Waals surface area contributed by atoms with E-state index in [0.717, 1.165) is 4.70 Å². The van der Waals surface area contributed by atoms with Gasteiger partial charge in [0.25, 0.3) is 0 Å². The van der Waals surface area contributed by atoms with Crippen LogP contribution >= 0.6 is 11.3 Å². The summed E-state index contributed by atoms with van der Waals surface area (Å²) in [4.78, 5) is 17.9. The van der Waals surface area contributed by atoms with Crippen LogP contribution < -0.4 is 10.2 Å². The average molecular weight is 347 g/mol. The van der Waals surface area contributed by atoms with Gasteiger partial charge in [-0.2, -0.15) is 0 Å². The van der Waals surface area contributed by atoms with Gasteiger partial charge in [0.15, 0.2) is 5.13 Å². The summed E-state index contributed by atoms with van der Waals surface area (Å²) in [5.74, 6) is -0.999. The lowest BCUT2D eigenvalue weighted by molar-refractivity contribution is -0.119. The Bertz CT molecular complexity index is 881. The van der Waals surface area contributed by atoms with Crippen LogP contribution in [-0.2, 0) is 11.3 Å². The predicted octanol–water partition coefficient (Wildman–Crippen LogP) is 3.33. The molecule has 0 radical (unpaired) electrons. The molecule has 0 aliphatic carbocycles. The number of hydrogen-bond acceptors (Lipinski definition) is 4. The van der Waals surface area contributed by atoms with Gasteiger partial charge in [-0.05, 0) is 18.2 Å². The highest BCUT2D eigenvalue weighted by atomic mass is 32.1. The van der Waals surface area contributed by atoms with Crippen molar-refractivity contribution in [3.63, 3.8) is 0 Å². The Kier molecular flexibility index (Phi) is 4.71. The molecular formula is C17H15F2N3OS. The third-order valence-electron chi connectivity index (χ3n) is 3.50. The molecule has 124 valence electrons. The number of halogens is 2. The fourth-order valence-corrected chi connectivity index (χ4v) is 3.18. The number of carbonyl (C=O) groups is 1. The molecule has 1 heterocycles. The molecule has 0 fully saturated rings. The molecule has 0 aliphatic rings. The molecule has 0 aliphatic heterocycles. The summed E-state index contributed by atoms with van der Waals surface area (Å²) in [5.41, 5.74) is 0.728. The van der Waals surface area contributed by atoms with Crippen molar-refractivity contribution in [3.8, 4) is 0 Å². The molecule has 24 heavy (non-hydrogen) atoms. The van der Waals surface area contributed by atoms with Gasteiger partial charge in [-0.3, -0.25) is 4.79 Å². The zero-order chi connectivity index (χ0) is 17.1. The van der Waals surface area contributed by atoms with Gasteiger partial charge in [0.1, 0.15) is 17.2 Å². The molecule has 3 aromatic rings. The Labute approximate surface area is 141 Å². The van der Waals surface area contributed by atoms with Crippen molar-refractivity contribution in [2.75, 3.05) is 18.5 Å². The van der Waals surface area contributed by atoms with Crippen molar-refractivity contribution in [2.24, 2.45) is 0 Å². The van der Waals surface area contributed by atoms with Crippen LogP contribution in [0.25, 0.3) is 10.2 Å². The second kappa shape index (κ2) is 6.92. The van der Waals surface area contributed by atoms with Crippen LogP contribution in [0.3, 0.4) is 0 Å². The van der Waals surface area contributed by atoms with Crippen LogP contribution in [0, 0.1) is 11.6 Å². The third kappa shape index (κ3) is 3.51. The van der Waals surface area contributed by atoms with E-state index < -0.39 is 0 Å². The lowest BCUT2D eigenvalue weighted by atomic mass is 10.2. The first-order valence-electron chi connectivity index (χ1n) is 7.31. The summed E-state index contributed by atoms with van der Waals surface area (Å²) in [6.45, 7) is 0.170. The number of nitrogens with one attached hydrogen (secondary N) is 1. The van der Waals surface area contributed by atoms with Crippen molar-refractivity contribution < 1.29 is 13.6 Å². The van der Waals surface area contributed by atoms with E-state index in [0.29, 0.717) is 16.2 Å². The zero-order valence-electron chi connectivity index (χ0n) is 12.9. The second-order valence-electron chi connectivity index (χ2n) is 5.31. The normalized spacial score (nSPS) is 10.8. The highest BCUT2D eigenvalue weighted by molar-refractivity contribution is 7.22. The molecule has 2 aromatic carbocycles. The van der Waals surface area contributed by atoms with E-state index in [2.05, 4.69) is 10.3 Å². The molecule has 0 bridgehead atoms. The van der Waals surface area contributed by atoms with Gasteiger partial charge >= 0.3 is 0 Å². The van der Waals surface area contributed by atoms with E-state index in [1.54, 1.807) is 42.3 Å². The quantitative estimate of drug-likeness (QED) is 0.770. The number of rotatable bonds is 5. The van der Waals surface area contributed by atoms with Crippen molar-refractivity contribution in [1.82, 2.24) is 10.3 Å². The van der Waals surface area contributed by atoms with Crippen molar-refractivity contribution >= 4 is 32.6 Å². The van der Waals surface area contributed by atoms with Crippen LogP contribution in [0.5, 0.6) is 0 Å². The number of thiazole rings is 1. The molecule has 1 amide bonds. The Balaban J connectivity index is 1.63. The van der Waals surface area contributed by atoms with Gasteiger partial charge < -0.3 is 10.2 Å². The van der Waals surface area contributed by atoms with Gasteiger partial charge in [0.2, 0.25) is 5.91 Å². The summed E-state index contributed by atoms with van der Waals surface area (Å²) in [7, 11) is 1.71. The number of aromatic nitrogens is 1. The molecule has 0 saturated carbocycles. The fourth-order valence-electron chi connectivity index (χ4n) is 2.24. The number of hydrogen-bond donors (Lipinski definition) is 1. The lowest BCUT2D eigenvalue weighted by Crippen LogP contribution is -2.34. The van der Waals surface area contributed by atoms with Crippen molar-refractivity contribution in [1.29, 1.82) is 0 Å². The highest BCUT2D eigenvalue weighted by Crippen LogP contribution is 2.29. The van der Waals surface area contributed by atoms with Gasteiger partial charge in [0, 0.05) is 19.2 Å². The van der Waals surface area contributed by atoms with Gasteiger partial charge in [-0.1, -0.05) is 35.6 Å². The van der Waals surface area contributed by atoms with E-state index in [9.17, 15) is 13.6 Å². The summed E-state index contributed by atoms with van der Waals surface area (Å²) in [5, 5.41) is 3.22. The number of anilines is 1. The van der Waals surface area contributed by atoms with Gasteiger partial charge in [-0.15, -0.1) is 0 Å². The minimum Gasteiger partial charge on any atom is -0.350 e. The maximum Gasteiger partial charge on any atom is 0.239 e. The fraction of sp³-hybridized carbons (Fsp3) is 0.176. The molecule has 0 saturated heterocycles. The van der Waals surface area contributed by atoms with Crippen LogP contribution in [0.1, 0.15) is 5.56 Å². The summed E-state index contributed by atoms with van der Waals surface area (Å²) in [6.07, 6.45) is 0. The maximum atomic E-state index is 13.7. The number of nitrogens with zero attached hydrogens (tertiary/aromatic N) is 2. The number of para-hydroxylation sites is 1. The molecule has 0 unspecified atom stereocenters. The number of amides is 1. The minimum absolute atomic E-state index is 0.0515. The molecular weight excluding hydrogens is 332 g/mol. The van der Waals surface area contributed by atoms with Crippen molar-refractivity contribution in [3.05, 3.63) is 59.7 Å². The highest BCUT2D eigenvalue weighted by Gasteiger charge is 2.14. The Morgan fingerprint density at radius 1 is 1.17 bits per heavy atom. The van der Waals surface area contributed by atoms with Crippen molar-refractivity contribution in [2.45, 2.75) is 6.54 Å². The number of benzene rings is 2. The van der Waals surface area contributed by atoms with E-state index in [-0.39, 0.29) is 30.6 Å². The van der Waals surface area contributed by atoms with Crippen LogP contribution in [0.15, 0.2) is 42.5 Å². The number of carbonyl (C=O) groups excluding carboxylic acids is 1. The molecule has 4 nitrogen and oxygen atoms in total.